The number of nitrogens with zero attached hydrogens (tertiary/aromatic N) is 1. The van der Waals surface area contributed by atoms with Crippen LogP contribution < -0.4 is 4.90 Å². The van der Waals surface area contributed by atoms with Gasteiger partial charge in [-0.05, 0) is 54.5 Å². The van der Waals surface area contributed by atoms with E-state index in [1.165, 1.54) is 25.3 Å². The first-order chi connectivity index (χ1) is 9.99. The number of rotatable bonds is 5. The SMILES string of the molecule is CCC1(CC)CCN(c2ccc(Br)cc2/C=C/C(=O)O)C1. The lowest BCUT2D eigenvalue weighted by Crippen LogP contribution is -2.26. The Morgan fingerprint density at radius 2 is 2.14 bits per heavy atom. The summed E-state index contributed by atoms with van der Waals surface area (Å²) in [6, 6.07) is 6.07. The number of benzene rings is 1. The number of aliphatic carboxylic acids is 1. The zero-order valence-corrected chi connectivity index (χ0v) is 14.2. The van der Waals surface area contributed by atoms with E-state index in [0.29, 0.717) is 5.41 Å². The van der Waals surface area contributed by atoms with Gasteiger partial charge in [0, 0.05) is 29.3 Å². The number of anilines is 1. The molecule has 0 spiro atoms. The quantitative estimate of drug-likeness (QED) is 0.790. The van der Waals surface area contributed by atoms with E-state index in [2.05, 4.69) is 40.7 Å². The molecule has 3 nitrogen and oxygen atoms in total. The second-order valence-electron chi connectivity index (χ2n) is 5.75. The summed E-state index contributed by atoms with van der Waals surface area (Å²) in [5.74, 6) is -0.918. The van der Waals surface area contributed by atoms with Crippen LogP contribution in [0.2, 0.25) is 0 Å². The van der Waals surface area contributed by atoms with Crippen LogP contribution in [0.15, 0.2) is 28.7 Å². The average Bonchev–Trinajstić information content (AvgIpc) is 2.90. The molecule has 1 aromatic carbocycles. The highest BCUT2D eigenvalue weighted by Gasteiger charge is 2.35. The van der Waals surface area contributed by atoms with E-state index in [1.807, 2.05) is 12.1 Å². The largest absolute Gasteiger partial charge is 0.478 e. The maximum absolute atomic E-state index is 10.8. The molecule has 2 rings (SSSR count). The number of carboxylic acid groups (broad SMARTS) is 1. The van der Waals surface area contributed by atoms with Crippen molar-refractivity contribution in [2.45, 2.75) is 33.1 Å². The Morgan fingerprint density at radius 1 is 1.43 bits per heavy atom. The Kier molecular flexibility index (Phi) is 5.09. The Morgan fingerprint density at radius 3 is 2.71 bits per heavy atom. The van der Waals surface area contributed by atoms with Gasteiger partial charge in [-0.2, -0.15) is 0 Å². The summed E-state index contributed by atoms with van der Waals surface area (Å²) in [6.07, 6.45) is 6.47. The third kappa shape index (κ3) is 3.67. The molecule has 1 aliphatic heterocycles. The van der Waals surface area contributed by atoms with Gasteiger partial charge in [-0.3, -0.25) is 0 Å². The average molecular weight is 352 g/mol. The molecule has 0 radical (unpaired) electrons. The highest BCUT2D eigenvalue weighted by atomic mass is 79.9. The second kappa shape index (κ2) is 6.65. The first-order valence-electron chi connectivity index (χ1n) is 7.45. The third-order valence-corrected chi connectivity index (χ3v) is 5.17. The van der Waals surface area contributed by atoms with Crippen LogP contribution in [0, 0.1) is 5.41 Å². The minimum atomic E-state index is -0.918. The number of carbonyl (C=O) groups is 1. The molecule has 0 bridgehead atoms. The molecule has 1 aliphatic rings. The number of carboxylic acids is 1. The summed E-state index contributed by atoms with van der Waals surface area (Å²) < 4.78 is 0.965. The number of hydrogen-bond acceptors (Lipinski definition) is 2. The van der Waals surface area contributed by atoms with E-state index in [4.69, 9.17) is 5.11 Å². The molecule has 1 N–H and O–H groups in total. The van der Waals surface area contributed by atoms with Crippen LogP contribution in [0.1, 0.15) is 38.7 Å². The van der Waals surface area contributed by atoms with Gasteiger partial charge in [0.1, 0.15) is 0 Å². The van der Waals surface area contributed by atoms with Crippen molar-refractivity contribution in [2.24, 2.45) is 5.41 Å². The predicted octanol–water partition coefficient (Wildman–Crippen LogP) is 4.56. The third-order valence-electron chi connectivity index (χ3n) is 4.67. The molecular weight excluding hydrogens is 330 g/mol. The highest BCUT2D eigenvalue weighted by molar-refractivity contribution is 9.10. The van der Waals surface area contributed by atoms with Gasteiger partial charge in [-0.25, -0.2) is 4.79 Å². The fourth-order valence-corrected chi connectivity index (χ4v) is 3.45. The Bertz CT molecular complexity index is 550. The van der Waals surface area contributed by atoms with E-state index < -0.39 is 5.97 Å². The summed E-state index contributed by atoms with van der Waals surface area (Å²) in [5.41, 5.74) is 2.48. The normalized spacial score (nSPS) is 17.6. The Balaban J connectivity index is 2.30. The molecule has 0 unspecified atom stereocenters. The molecule has 1 saturated heterocycles. The first-order valence-corrected chi connectivity index (χ1v) is 8.24. The van der Waals surface area contributed by atoms with Crippen LogP contribution in [0.4, 0.5) is 5.69 Å². The van der Waals surface area contributed by atoms with Crippen molar-refractivity contribution in [3.63, 3.8) is 0 Å². The standard InChI is InChI=1S/C17H22BrNO2/c1-3-17(4-2)9-10-19(12-17)15-7-6-14(18)11-13(15)5-8-16(20)21/h5-8,11H,3-4,9-10,12H2,1-2H3,(H,20,21)/b8-5+. The smallest absolute Gasteiger partial charge is 0.328 e. The molecule has 0 atom stereocenters. The maximum Gasteiger partial charge on any atom is 0.328 e. The predicted molar refractivity (Wildman–Crippen MR) is 90.7 cm³/mol. The topological polar surface area (TPSA) is 40.5 Å². The van der Waals surface area contributed by atoms with Crippen molar-refractivity contribution in [2.75, 3.05) is 18.0 Å². The molecule has 0 aromatic heterocycles. The molecule has 4 heteroatoms. The summed E-state index contributed by atoms with van der Waals surface area (Å²) in [5, 5.41) is 8.85. The van der Waals surface area contributed by atoms with Crippen LogP contribution in [0.25, 0.3) is 6.08 Å². The van der Waals surface area contributed by atoms with Gasteiger partial charge in [0.05, 0.1) is 0 Å². The van der Waals surface area contributed by atoms with Gasteiger partial charge < -0.3 is 10.0 Å². The van der Waals surface area contributed by atoms with E-state index in [0.717, 1.165) is 28.8 Å². The molecule has 0 saturated carbocycles. The van der Waals surface area contributed by atoms with Gasteiger partial charge in [0.15, 0.2) is 0 Å². The van der Waals surface area contributed by atoms with E-state index in [1.54, 1.807) is 6.08 Å². The van der Waals surface area contributed by atoms with Crippen molar-refractivity contribution in [1.29, 1.82) is 0 Å². The van der Waals surface area contributed by atoms with Gasteiger partial charge >= 0.3 is 5.97 Å². The molecule has 114 valence electrons. The lowest BCUT2D eigenvalue weighted by Gasteiger charge is -2.28. The molecule has 0 aliphatic carbocycles. The zero-order chi connectivity index (χ0) is 15.5. The van der Waals surface area contributed by atoms with Gasteiger partial charge in [0.2, 0.25) is 0 Å². The monoisotopic (exact) mass is 351 g/mol. The highest BCUT2D eigenvalue weighted by Crippen LogP contribution is 2.40. The summed E-state index contributed by atoms with van der Waals surface area (Å²) in [6.45, 7) is 6.62. The molecule has 0 amide bonds. The van der Waals surface area contributed by atoms with Gasteiger partial charge in [-0.1, -0.05) is 29.8 Å². The molecule has 21 heavy (non-hydrogen) atoms. The van der Waals surface area contributed by atoms with E-state index >= 15 is 0 Å². The fraction of sp³-hybridized carbons (Fsp3) is 0.471. The van der Waals surface area contributed by atoms with Crippen LogP contribution in [-0.4, -0.2) is 24.2 Å². The van der Waals surface area contributed by atoms with Crippen molar-refractivity contribution in [3.8, 4) is 0 Å². The van der Waals surface area contributed by atoms with Crippen molar-refractivity contribution in [1.82, 2.24) is 0 Å². The van der Waals surface area contributed by atoms with Crippen molar-refractivity contribution in [3.05, 3.63) is 34.3 Å². The Hall–Kier alpha value is -1.29. The second-order valence-corrected chi connectivity index (χ2v) is 6.67. The van der Waals surface area contributed by atoms with Gasteiger partial charge in [-0.15, -0.1) is 0 Å². The minimum Gasteiger partial charge on any atom is -0.478 e. The van der Waals surface area contributed by atoms with Crippen molar-refractivity contribution < 1.29 is 9.90 Å². The van der Waals surface area contributed by atoms with Crippen LogP contribution in [-0.2, 0) is 4.79 Å². The lowest BCUT2D eigenvalue weighted by atomic mass is 9.82. The first kappa shape index (κ1) is 16.1. The molecule has 1 heterocycles. The van der Waals surface area contributed by atoms with E-state index in [9.17, 15) is 4.79 Å². The Labute approximate surface area is 134 Å². The lowest BCUT2D eigenvalue weighted by molar-refractivity contribution is -0.131. The number of hydrogen-bond donors (Lipinski definition) is 1. The maximum atomic E-state index is 10.8. The van der Waals surface area contributed by atoms with Crippen LogP contribution in [0.3, 0.4) is 0 Å². The van der Waals surface area contributed by atoms with Crippen LogP contribution in [0.5, 0.6) is 0 Å². The number of halogens is 1. The fourth-order valence-electron chi connectivity index (χ4n) is 3.08. The zero-order valence-electron chi connectivity index (χ0n) is 12.6. The molecule has 1 fully saturated rings. The summed E-state index contributed by atoms with van der Waals surface area (Å²) in [4.78, 5) is 13.2. The van der Waals surface area contributed by atoms with Crippen molar-refractivity contribution >= 4 is 33.7 Å². The minimum absolute atomic E-state index is 0.404. The summed E-state index contributed by atoms with van der Waals surface area (Å²) in [7, 11) is 0. The summed E-state index contributed by atoms with van der Waals surface area (Å²) >= 11 is 3.46. The van der Waals surface area contributed by atoms with E-state index in [-0.39, 0.29) is 0 Å². The molecular formula is C17H22BrNO2. The molecule has 1 aromatic rings. The van der Waals surface area contributed by atoms with Crippen LogP contribution >= 0.6 is 15.9 Å². The van der Waals surface area contributed by atoms with Gasteiger partial charge in [0.25, 0.3) is 0 Å².